The van der Waals surface area contributed by atoms with E-state index in [2.05, 4.69) is 23.9 Å². The molecule has 1 fully saturated rings. The molecule has 0 aromatic heterocycles. The third kappa shape index (κ3) is 6.08. The Balaban J connectivity index is 1.91. The van der Waals surface area contributed by atoms with Crippen molar-refractivity contribution in [2.24, 2.45) is 5.92 Å². The number of ether oxygens (including phenoxy) is 2. The van der Waals surface area contributed by atoms with Gasteiger partial charge < -0.3 is 19.7 Å². The number of nitrogens with one attached hydrogen (secondary N) is 2. The molecule has 3 rings (SSSR count). The van der Waals surface area contributed by atoms with Gasteiger partial charge in [0.05, 0.1) is 24.8 Å². The van der Waals surface area contributed by atoms with Crippen LogP contribution in [0.3, 0.4) is 0 Å². The SMILES string of the molecule is CCCC(C)C1CNCCCN1C(=O)c1cccc(NS(=O)(=O)c2ccc(OC)c(OC)c2)c1C. The second-order valence-corrected chi connectivity index (χ2v) is 10.7. The van der Waals surface area contributed by atoms with Gasteiger partial charge >= 0.3 is 0 Å². The number of carbonyl (C=O) groups excluding carboxylic acids is 1. The van der Waals surface area contributed by atoms with E-state index in [-0.39, 0.29) is 16.8 Å². The van der Waals surface area contributed by atoms with E-state index in [0.29, 0.717) is 40.8 Å². The van der Waals surface area contributed by atoms with Crippen molar-refractivity contribution < 1.29 is 22.7 Å². The number of nitrogens with zero attached hydrogens (tertiary/aromatic N) is 1. The summed E-state index contributed by atoms with van der Waals surface area (Å²) in [5.74, 6) is 1.06. The largest absolute Gasteiger partial charge is 0.493 e. The van der Waals surface area contributed by atoms with Crippen LogP contribution in [-0.4, -0.2) is 59.1 Å². The number of hydrogen-bond donors (Lipinski definition) is 2. The van der Waals surface area contributed by atoms with Crippen molar-refractivity contribution in [1.82, 2.24) is 10.2 Å². The summed E-state index contributed by atoms with van der Waals surface area (Å²) in [6, 6.07) is 9.67. The molecule has 0 bridgehead atoms. The Morgan fingerprint density at radius 3 is 2.63 bits per heavy atom. The minimum Gasteiger partial charge on any atom is -0.493 e. The first-order chi connectivity index (χ1) is 16.7. The molecule has 1 aliphatic rings. The number of methoxy groups -OCH3 is 2. The van der Waals surface area contributed by atoms with Crippen molar-refractivity contribution in [1.29, 1.82) is 0 Å². The maximum atomic E-state index is 13.7. The molecule has 1 amide bonds. The van der Waals surface area contributed by atoms with Gasteiger partial charge in [0.15, 0.2) is 11.5 Å². The molecule has 2 aromatic carbocycles. The Kier molecular flexibility index (Phi) is 9.02. The molecule has 2 N–H and O–H groups in total. The smallest absolute Gasteiger partial charge is 0.262 e. The third-order valence-electron chi connectivity index (χ3n) is 6.64. The molecule has 1 saturated heterocycles. The summed E-state index contributed by atoms with van der Waals surface area (Å²) < 4.78 is 39.4. The Morgan fingerprint density at radius 2 is 1.94 bits per heavy atom. The molecule has 2 unspecified atom stereocenters. The molecule has 2 atom stereocenters. The van der Waals surface area contributed by atoms with E-state index in [1.807, 2.05) is 4.90 Å². The molecule has 0 saturated carbocycles. The average molecular weight is 504 g/mol. The van der Waals surface area contributed by atoms with Crippen LogP contribution in [0, 0.1) is 12.8 Å². The molecular weight excluding hydrogens is 466 g/mol. The van der Waals surface area contributed by atoms with E-state index in [0.717, 1.165) is 32.4 Å². The zero-order valence-corrected chi connectivity index (χ0v) is 22.1. The second-order valence-electron chi connectivity index (χ2n) is 8.99. The van der Waals surface area contributed by atoms with Crippen LogP contribution in [0.15, 0.2) is 41.3 Å². The Morgan fingerprint density at radius 1 is 1.20 bits per heavy atom. The summed E-state index contributed by atoms with van der Waals surface area (Å²) in [5.41, 5.74) is 1.48. The lowest BCUT2D eigenvalue weighted by Crippen LogP contribution is -2.47. The van der Waals surface area contributed by atoms with Gasteiger partial charge in [-0.05, 0) is 62.1 Å². The lowest BCUT2D eigenvalue weighted by Gasteiger charge is -2.34. The highest BCUT2D eigenvalue weighted by Crippen LogP contribution is 2.31. The zero-order chi connectivity index (χ0) is 25.6. The van der Waals surface area contributed by atoms with Gasteiger partial charge in [-0.1, -0.05) is 26.3 Å². The van der Waals surface area contributed by atoms with Gasteiger partial charge in [-0.2, -0.15) is 0 Å². The van der Waals surface area contributed by atoms with Crippen LogP contribution in [-0.2, 0) is 10.0 Å². The number of sulfonamides is 1. The highest BCUT2D eigenvalue weighted by atomic mass is 32.2. The lowest BCUT2D eigenvalue weighted by molar-refractivity contribution is 0.0630. The number of rotatable bonds is 9. The van der Waals surface area contributed by atoms with Crippen molar-refractivity contribution in [2.45, 2.75) is 51.0 Å². The summed E-state index contributed by atoms with van der Waals surface area (Å²) in [6.07, 6.45) is 2.98. The van der Waals surface area contributed by atoms with Crippen molar-refractivity contribution >= 4 is 21.6 Å². The van der Waals surface area contributed by atoms with Crippen molar-refractivity contribution in [3.05, 3.63) is 47.5 Å². The fourth-order valence-corrected chi connectivity index (χ4v) is 5.77. The van der Waals surface area contributed by atoms with Crippen molar-refractivity contribution in [2.75, 3.05) is 38.6 Å². The molecule has 1 heterocycles. The van der Waals surface area contributed by atoms with Gasteiger partial charge in [0.1, 0.15) is 0 Å². The summed E-state index contributed by atoms with van der Waals surface area (Å²) >= 11 is 0. The van der Waals surface area contributed by atoms with E-state index >= 15 is 0 Å². The van der Waals surface area contributed by atoms with Crippen molar-refractivity contribution in [3.63, 3.8) is 0 Å². The molecule has 0 radical (unpaired) electrons. The number of carbonyl (C=O) groups is 1. The number of hydrogen-bond acceptors (Lipinski definition) is 6. The molecule has 9 heteroatoms. The Hall–Kier alpha value is -2.78. The van der Waals surface area contributed by atoms with Crippen LogP contribution >= 0.6 is 0 Å². The minimum absolute atomic E-state index is 0.0401. The standard InChI is InChI=1S/C26H37N3O5S/c1-6-9-18(2)23-17-27-14-8-15-29(23)26(30)21-10-7-11-22(19(21)3)28-35(31,32)20-12-13-24(33-4)25(16-20)34-5/h7,10-13,16,18,23,27-28H,6,8-9,14-15,17H2,1-5H3. The summed E-state index contributed by atoms with van der Waals surface area (Å²) in [4.78, 5) is 15.7. The molecule has 0 spiro atoms. The van der Waals surface area contributed by atoms with Crippen molar-refractivity contribution in [3.8, 4) is 11.5 Å². The van der Waals surface area contributed by atoms with E-state index in [9.17, 15) is 13.2 Å². The summed E-state index contributed by atoms with van der Waals surface area (Å²) in [6.45, 7) is 8.44. The van der Waals surface area contributed by atoms with Crippen LogP contribution in [0.5, 0.6) is 11.5 Å². The van der Waals surface area contributed by atoms with E-state index in [4.69, 9.17) is 9.47 Å². The average Bonchev–Trinajstić information content (AvgIpc) is 3.11. The number of amides is 1. The van der Waals surface area contributed by atoms with Crippen LogP contribution in [0.1, 0.15) is 49.0 Å². The first-order valence-electron chi connectivity index (χ1n) is 12.1. The van der Waals surface area contributed by atoms with Gasteiger partial charge in [0.2, 0.25) is 0 Å². The lowest BCUT2D eigenvalue weighted by atomic mass is 9.94. The number of anilines is 1. The number of benzene rings is 2. The Bertz CT molecular complexity index is 1140. The summed E-state index contributed by atoms with van der Waals surface area (Å²) in [5, 5.41) is 3.46. The maximum absolute atomic E-state index is 13.7. The maximum Gasteiger partial charge on any atom is 0.262 e. The molecular formula is C26H37N3O5S. The highest BCUT2D eigenvalue weighted by molar-refractivity contribution is 7.92. The van der Waals surface area contributed by atoms with E-state index < -0.39 is 10.0 Å². The van der Waals surface area contributed by atoms with Gasteiger partial charge in [-0.25, -0.2) is 8.42 Å². The first kappa shape index (κ1) is 26.8. The quantitative estimate of drug-likeness (QED) is 0.536. The van der Waals surface area contributed by atoms with E-state index in [1.165, 1.54) is 26.4 Å². The highest BCUT2D eigenvalue weighted by Gasteiger charge is 2.31. The molecule has 35 heavy (non-hydrogen) atoms. The molecule has 0 aliphatic carbocycles. The fourth-order valence-electron chi connectivity index (χ4n) is 4.63. The van der Waals surface area contributed by atoms with Crippen LogP contribution in [0.25, 0.3) is 0 Å². The molecule has 192 valence electrons. The van der Waals surface area contributed by atoms with Crippen LogP contribution in [0.4, 0.5) is 5.69 Å². The topological polar surface area (TPSA) is 97.0 Å². The van der Waals surface area contributed by atoms with Crippen LogP contribution in [0.2, 0.25) is 0 Å². The third-order valence-corrected chi connectivity index (χ3v) is 8.01. The van der Waals surface area contributed by atoms with Gasteiger partial charge in [-0.15, -0.1) is 0 Å². The zero-order valence-electron chi connectivity index (χ0n) is 21.3. The first-order valence-corrected chi connectivity index (χ1v) is 13.6. The predicted molar refractivity (Wildman–Crippen MR) is 138 cm³/mol. The van der Waals surface area contributed by atoms with Gasteiger partial charge in [0.25, 0.3) is 15.9 Å². The monoisotopic (exact) mass is 503 g/mol. The second kappa shape index (κ2) is 11.8. The Labute approximate surface area is 209 Å². The van der Waals surface area contributed by atoms with Gasteiger partial charge in [-0.3, -0.25) is 9.52 Å². The minimum atomic E-state index is -3.92. The summed E-state index contributed by atoms with van der Waals surface area (Å²) in [7, 11) is -0.976. The van der Waals surface area contributed by atoms with Gasteiger partial charge in [0, 0.05) is 30.8 Å². The molecule has 2 aromatic rings. The van der Waals surface area contributed by atoms with Crippen LogP contribution < -0.4 is 19.5 Å². The molecule has 8 nitrogen and oxygen atoms in total. The predicted octanol–water partition coefficient (Wildman–Crippen LogP) is 4.05. The van der Waals surface area contributed by atoms with E-state index in [1.54, 1.807) is 31.2 Å². The molecule has 1 aliphatic heterocycles. The fraction of sp³-hybridized carbons (Fsp3) is 0.500. The normalized spacial score (nSPS) is 17.4.